The monoisotopic (exact) mass is 299 g/mol. The van der Waals surface area contributed by atoms with E-state index in [0.717, 1.165) is 43.1 Å². The number of ketones is 1. The van der Waals surface area contributed by atoms with E-state index in [-0.39, 0.29) is 5.78 Å². The molecule has 0 radical (unpaired) electrons. The minimum absolute atomic E-state index is 0.00192. The summed E-state index contributed by atoms with van der Waals surface area (Å²) in [5, 5.41) is -0.474. The molecule has 0 fully saturated rings. The summed E-state index contributed by atoms with van der Waals surface area (Å²) < 4.78 is 7.76. The average molecular weight is 300 g/mol. The van der Waals surface area contributed by atoms with Crippen LogP contribution >= 0.6 is 11.6 Å². The van der Waals surface area contributed by atoms with Crippen molar-refractivity contribution in [1.29, 1.82) is 0 Å². The number of alkyl halides is 1. The van der Waals surface area contributed by atoms with Gasteiger partial charge in [0.2, 0.25) is 0 Å². The molecule has 0 bridgehead atoms. The summed E-state index contributed by atoms with van der Waals surface area (Å²) in [7, 11) is 0. The number of carbonyl (C=O) groups is 1. The van der Waals surface area contributed by atoms with Gasteiger partial charge in [-0.05, 0) is 39.2 Å². The zero-order chi connectivity index (χ0) is 15.3. The Bertz CT molecular complexity index is 450. The first-order valence-electron chi connectivity index (χ1n) is 7.27. The fraction of sp³-hybridized carbons (Fsp3) is 0.688. The van der Waals surface area contributed by atoms with Crippen molar-refractivity contribution in [2.45, 2.75) is 53.0 Å². The highest BCUT2D eigenvalue weighted by Crippen LogP contribution is 2.19. The molecule has 0 aromatic carbocycles. The van der Waals surface area contributed by atoms with Gasteiger partial charge in [-0.2, -0.15) is 0 Å². The van der Waals surface area contributed by atoms with Crippen LogP contribution in [0.5, 0.6) is 0 Å². The Kier molecular flexibility index (Phi) is 6.77. The molecule has 114 valence electrons. The number of nitrogens with zero attached hydrogens (tertiary/aromatic N) is 1. The molecule has 3 nitrogen and oxygen atoms in total. The number of hydrogen-bond acceptors (Lipinski definition) is 2. The van der Waals surface area contributed by atoms with Crippen LogP contribution in [0.3, 0.4) is 0 Å². The van der Waals surface area contributed by atoms with E-state index in [1.807, 2.05) is 19.9 Å². The highest BCUT2D eigenvalue weighted by Gasteiger charge is 2.18. The maximum Gasteiger partial charge on any atom is 0.182 e. The largest absolute Gasteiger partial charge is 0.381 e. The van der Waals surface area contributed by atoms with Crippen molar-refractivity contribution in [2.75, 3.05) is 13.2 Å². The maximum atomic E-state index is 12.0. The zero-order valence-corrected chi connectivity index (χ0v) is 14.0. The summed E-state index contributed by atoms with van der Waals surface area (Å²) in [5.41, 5.74) is 2.85. The van der Waals surface area contributed by atoms with Crippen molar-refractivity contribution >= 4 is 17.4 Å². The minimum Gasteiger partial charge on any atom is -0.381 e. The van der Waals surface area contributed by atoms with Gasteiger partial charge >= 0.3 is 0 Å². The summed E-state index contributed by atoms with van der Waals surface area (Å²) in [5.74, 6) is 0.571. The van der Waals surface area contributed by atoms with Crippen LogP contribution in [0.4, 0.5) is 0 Å². The number of aryl methyl sites for hydroxylation is 1. The summed E-state index contributed by atoms with van der Waals surface area (Å²) in [6.07, 6.45) is 0.952. The standard InChI is InChI=1S/C16H26ClNO2/c1-11(2)10-20-8-6-7-18-12(3)9-15(14(18)5)16(19)13(4)17/h9,11,13H,6-8,10H2,1-5H3. The van der Waals surface area contributed by atoms with Crippen LogP contribution in [-0.2, 0) is 11.3 Å². The topological polar surface area (TPSA) is 31.2 Å². The van der Waals surface area contributed by atoms with Crippen molar-refractivity contribution in [3.8, 4) is 0 Å². The zero-order valence-electron chi connectivity index (χ0n) is 13.2. The Balaban J connectivity index is 2.61. The third-order valence-corrected chi connectivity index (χ3v) is 3.52. The van der Waals surface area contributed by atoms with Crippen LogP contribution in [0.1, 0.15) is 48.9 Å². The number of Topliss-reactive ketones (excluding diaryl/α,β-unsaturated/α-hetero) is 1. The predicted molar refractivity (Wildman–Crippen MR) is 83.8 cm³/mol. The van der Waals surface area contributed by atoms with Crippen LogP contribution < -0.4 is 0 Å². The number of ether oxygens (including phenoxy) is 1. The highest BCUT2D eigenvalue weighted by molar-refractivity contribution is 6.33. The van der Waals surface area contributed by atoms with E-state index in [2.05, 4.69) is 18.4 Å². The van der Waals surface area contributed by atoms with E-state index in [0.29, 0.717) is 5.92 Å². The van der Waals surface area contributed by atoms with E-state index < -0.39 is 5.38 Å². The second-order valence-corrected chi connectivity index (χ2v) is 6.39. The number of carbonyl (C=O) groups excluding carboxylic acids is 1. The SMILES string of the molecule is Cc1cc(C(=O)C(C)Cl)c(C)n1CCCOCC(C)C. The lowest BCUT2D eigenvalue weighted by Gasteiger charge is -2.11. The van der Waals surface area contributed by atoms with E-state index in [4.69, 9.17) is 16.3 Å². The second-order valence-electron chi connectivity index (χ2n) is 5.74. The third kappa shape index (κ3) is 4.64. The molecule has 0 saturated carbocycles. The molecule has 0 N–H and O–H groups in total. The van der Waals surface area contributed by atoms with Crippen molar-refractivity contribution in [3.05, 3.63) is 23.0 Å². The quantitative estimate of drug-likeness (QED) is 0.413. The van der Waals surface area contributed by atoms with Gasteiger partial charge in [-0.3, -0.25) is 4.79 Å². The summed E-state index contributed by atoms with van der Waals surface area (Å²) >= 11 is 5.89. The molecule has 4 heteroatoms. The summed E-state index contributed by atoms with van der Waals surface area (Å²) in [6.45, 7) is 12.4. The molecule has 1 heterocycles. The molecule has 0 aliphatic rings. The van der Waals surface area contributed by atoms with Gasteiger partial charge in [0.15, 0.2) is 5.78 Å². The summed E-state index contributed by atoms with van der Waals surface area (Å²) in [4.78, 5) is 12.0. The van der Waals surface area contributed by atoms with Crippen LogP contribution in [0, 0.1) is 19.8 Å². The normalized spacial score (nSPS) is 12.9. The summed E-state index contributed by atoms with van der Waals surface area (Å²) in [6, 6.07) is 1.94. The van der Waals surface area contributed by atoms with Crippen molar-refractivity contribution in [2.24, 2.45) is 5.92 Å². The number of aromatic nitrogens is 1. The minimum atomic E-state index is -0.474. The van der Waals surface area contributed by atoms with Gasteiger partial charge in [-0.25, -0.2) is 0 Å². The molecule has 20 heavy (non-hydrogen) atoms. The molecule has 0 aliphatic heterocycles. The van der Waals surface area contributed by atoms with Crippen molar-refractivity contribution in [1.82, 2.24) is 4.57 Å². The van der Waals surface area contributed by atoms with E-state index in [9.17, 15) is 4.79 Å². The number of rotatable bonds is 8. The van der Waals surface area contributed by atoms with Gasteiger partial charge in [-0.15, -0.1) is 11.6 Å². The van der Waals surface area contributed by atoms with Gasteiger partial charge in [0.1, 0.15) is 0 Å². The lowest BCUT2D eigenvalue weighted by atomic mass is 10.1. The van der Waals surface area contributed by atoms with Crippen LogP contribution in [0.2, 0.25) is 0 Å². The Morgan fingerprint density at radius 2 is 2.00 bits per heavy atom. The molecule has 0 spiro atoms. The molecular formula is C16H26ClNO2. The third-order valence-electron chi connectivity index (χ3n) is 3.32. The fourth-order valence-corrected chi connectivity index (χ4v) is 2.37. The van der Waals surface area contributed by atoms with Crippen molar-refractivity contribution in [3.63, 3.8) is 0 Å². The number of halogens is 1. The Hall–Kier alpha value is -0.800. The van der Waals surface area contributed by atoms with Gasteiger partial charge in [0.25, 0.3) is 0 Å². The second kappa shape index (κ2) is 7.84. The van der Waals surface area contributed by atoms with Gasteiger partial charge in [-0.1, -0.05) is 13.8 Å². The van der Waals surface area contributed by atoms with Crippen LogP contribution in [0.15, 0.2) is 6.07 Å². The Labute approximate surface area is 127 Å². The molecule has 1 atom stereocenters. The fourth-order valence-electron chi connectivity index (χ4n) is 2.25. The van der Waals surface area contributed by atoms with Crippen LogP contribution in [0.25, 0.3) is 0 Å². The van der Waals surface area contributed by atoms with Gasteiger partial charge in [0.05, 0.1) is 5.38 Å². The Morgan fingerprint density at radius 3 is 2.55 bits per heavy atom. The molecule has 1 aromatic rings. The maximum absolute atomic E-state index is 12.0. The first-order valence-corrected chi connectivity index (χ1v) is 7.71. The molecule has 0 aliphatic carbocycles. The van der Waals surface area contributed by atoms with E-state index in [1.54, 1.807) is 6.92 Å². The van der Waals surface area contributed by atoms with Gasteiger partial charge in [0, 0.05) is 36.7 Å². The molecule has 1 unspecified atom stereocenters. The average Bonchev–Trinajstić information content (AvgIpc) is 2.64. The first-order chi connectivity index (χ1) is 9.34. The van der Waals surface area contributed by atoms with E-state index in [1.165, 1.54) is 0 Å². The first kappa shape index (κ1) is 17.3. The van der Waals surface area contributed by atoms with Crippen molar-refractivity contribution < 1.29 is 9.53 Å². The molecular weight excluding hydrogens is 274 g/mol. The Morgan fingerprint density at radius 1 is 1.35 bits per heavy atom. The highest BCUT2D eigenvalue weighted by atomic mass is 35.5. The molecule has 0 saturated heterocycles. The number of hydrogen-bond donors (Lipinski definition) is 0. The molecule has 1 aromatic heterocycles. The predicted octanol–water partition coefficient (Wildman–Crippen LogP) is 3.98. The molecule has 1 rings (SSSR count). The lowest BCUT2D eigenvalue weighted by molar-refractivity contribution is 0.0990. The smallest absolute Gasteiger partial charge is 0.182 e. The lowest BCUT2D eigenvalue weighted by Crippen LogP contribution is -2.12. The van der Waals surface area contributed by atoms with Gasteiger partial charge < -0.3 is 9.30 Å². The molecule has 0 amide bonds. The van der Waals surface area contributed by atoms with Crippen LogP contribution in [-0.4, -0.2) is 28.9 Å². The van der Waals surface area contributed by atoms with E-state index >= 15 is 0 Å².